The minimum absolute atomic E-state index is 0.0171. The third kappa shape index (κ3) is 23.3. The monoisotopic (exact) mass is 509 g/mol. The summed E-state index contributed by atoms with van der Waals surface area (Å²) in [5, 5.41) is 2.89. The highest BCUT2D eigenvalue weighted by molar-refractivity contribution is 7.47. The van der Waals surface area contributed by atoms with Crippen molar-refractivity contribution in [3.8, 4) is 0 Å². The molecule has 0 aliphatic heterocycles. The van der Waals surface area contributed by atoms with E-state index in [2.05, 4.69) is 19.2 Å². The maximum absolute atomic E-state index is 12.2. The molecule has 34 heavy (non-hydrogen) atoms. The molecule has 0 radical (unpaired) electrons. The van der Waals surface area contributed by atoms with Crippen LogP contribution in [-0.2, 0) is 23.1 Å². The maximum Gasteiger partial charge on any atom is 0.472 e. The Hall–Kier alpha value is -0.500. The molecule has 0 fully saturated rings. The molecule has 0 spiro atoms. The predicted octanol–water partition coefficient (Wildman–Crippen LogP) is 5.44. The van der Waals surface area contributed by atoms with E-state index in [1.165, 1.54) is 44.9 Å². The summed E-state index contributed by atoms with van der Waals surface area (Å²) in [5.74, 6) is -0.0171. The second-order valence-corrected chi connectivity index (χ2v) is 11.6. The number of phosphoric acid groups is 1. The number of ether oxygens (including phenoxy) is 1. The van der Waals surface area contributed by atoms with Gasteiger partial charge in [-0.05, 0) is 12.8 Å². The molecular formula is C25H54N2O6P+. The number of likely N-dealkylation sites (N-methyl/N-ethyl adjacent to an activating group) is 1. The van der Waals surface area contributed by atoms with E-state index in [0.29, 0.717) is 24.1 Å². The number of hydrogen-bond acceptors (Lipinski definition) is 5. The zero-order chi connectivity index (χ0) is 25.7. The summed E-state index contributed by atoms with van der Waals surface area (Å²) in [5.41, 5.74) is 0. The number of quaternary nitrogens is 1. The summed E-state index contributed by atoms with van der Waals surface area (Å²) in [6.07, 6.45) is 13.9. The molecule has 0 aromatic heterocycles. The van der Waals surface area contributed by atoms with Crippen molar-refractivity contribution in [2.45, 2.75) is 103 Å². The van der Waals surface area contributed by atoms with Gasteiger partial charge < -0.3 is 19.4 Å². The lowest BCUT2D eigenvalue weighted by molar-refractivity contribution is -0.870. The lowest BCUT2D eigenvalue weighted by atomic mass is 10.1. The summed E-state index contributed by atoms with van der Waals surface area (Å²) in [7, 11) is 1.76. The Morgan fingerprint density at radius 3 is 2.00 bits per heavy atom. The molecule has 1 amide bonds. The number of nitrogens with zero attached hydrogens (tertiary/aromatic N) is 1. The molecule has 0 saturated carbocycles. The van der Waals surface area contributed by atoms with Crippen LogP contribution in [0.5, 0.6) is 0 Å². The van der Waals surface area contributed by atoms with E-state index < -0.39 is 13.9 Å². The SMILES string of the molecule is CCCCCCCCCCCC(=O)NCC(COP(=O)(O)OCC[N+](C)(C)C)OCCCCC. The van der Waals surface area contributed by atoms with Gasteiger partial charge in [0.25, 0.3) is 0 Å². The van der Waals surface area contributed by atoms with Crippen molar-refractivity contribution in [2.75, 3.05) is 54.1 Å². The molecule has 0 bridgehead atoms. The fourth-order valence-electron chi connectivity index (χ4n) is 3.32. The molecule has 0 rings (SSSR count). The standard InChI is InChI=1S/C25H53N2O6P/c1-6-8-10-11-12-13-14-15-16-18-25(28)26-22-24(31-20-17-9-7-2)23-33-34(29,30)32-21-19-27(3,4)5/h24H,6-23H2,1-5H3,(H-,26,28,29,30)/p+1. The van der Waals surface area contributed by atoms with Gasteiger partial charge in [-0.1, -0.05) is 78.1 Å². The first-order chi connectivity index (χ1) is 16.1. The van der Waals surface area contributed by atoms with Gasteiger partial charge in [-0.2, -0.15) is 0 Å². The molecule has 2 unspecified atom stereocenters. The Bertz CT molecular complexity index is 542. The second-order valence-electron chi connectivity index (χ2n) is 10.2. The van der Waals surface area contributed by atoms with E-state index in [1.807, 2.05) is 21.1 Å². The molecule has 0 aliphatic rings. The number of hydrogen-bond donors (Lipinski definition) is 2. The summed E-state index contributed by atoms with van der Waals surface area (Å²) < 4.78 is 28.8. The molecule has 0 aliphatic carbocycles. The molecule has 2 atom stereocenters. The van der Waals surface area contributed by atoms with Crippen LogP contribution in [0.3, 0.4) is 0 Å². The van der Waals surface area contributed by atoms with E-state index in [9.17, 15) is 14.3 Å². The number of nitrogens with one attached hydrogen (secondary N) is 1. The largest absolute Gasteiger partial charge is 0.472 e. The van der Waals surface area contributed by atoms with Crippen LogP contribution < -0.4 is 5.32 Å². The lowest BCUT2D eigenvalue weighted by Crippen LogP contribution is -2.37. The third-order valence-electron chi connectivity index (χ3n) is 5.58. The van der Waals surface area contributed by atoms with Gasteiger partial charge in [-0.25, -0.2) is 4.57 Å². The number of amides is 1. The van der Waals surface area contributed by atoms with Gasteiger partial charge in [0, 0.05) is 19.6 Å². The predicted molar refractivity (Wildman–Crippen MR) is 139 cm³/mol. The van der Waals surface area contributed by atoms with E-state index >= 15 is 0 Å². The fourth-order valence-corrected chi connectivity index (χ4v) is 4.07. The number of unbranched alkanes of at least 4 members (excludes halogenated alkanes) is 10. The molecular weight excluding hydrogens is 455 g/mol. The van der Waals surface area contributed by atoms with Gasteiger partial charge in [-0.3, -0.25) is 13.8 Å². The highest BCUT2D eigenvalue weighted by Gasteiger charge is 2.25. The summed E-state index contributed by atoms with van der Waals surface area (Å²) in [6, 6.07) is 0. The van der Waals surface area contributed by atoms with Crippen molar-refractivity contribution in [3.05, 3.63) is 0 Å². The van der Waals surface area contributed by atoms with Crippen LogP contribution in [0, 0.1) is 0 Å². The van der Waals surface area contributed by atoms with Crippen LogP contribution in [0.2, 0.25) is 0 Å². The van der Waals surface area contributed by atoms with Crippen molar-refractivity contribution >= 4 is 13.7 Å². The van der Waals surface area contributed by atoms with E-state index in [1.54, 1.807) is 0 Å². The Kier molecular flexibility index (Phi) is 20.4. The van der Waals surface area contributed by atoms with Crippen LogP contribution >= 0.6 is 7.82 Å². The average molecular weight is 510 g/mol. The van der Waals surface area contributed by atoms with E-state index in [0.717, 1.165) is 32.1 Å². The Labute approximate surface area is 209 Å². The topological polar surface area (TPSA) is 94.1 Å². The molecule has 0 aromatic carbocycles. The smallest absolute Gasteiger partial charge is 0.374 e. The molecule has 0 aromatic rings. The first-order valence-corrected chi connectivity index (χ1v) is 14.9. The number of rotatable bonds is 24. The second kappa shape index (κ2) is 20.7. The minimum atomic E-state index is -4.17. The van der Waals surface area contributed by atoms with Gasteiger partial charge >= 0.3 is 7.82 Å². The van der Waals surface area contributed by atoms with Crippen molar-refractivity contribution in [3.63, 3.8) is 0 Å². The summed E-state index contributed by atoms with van der Waals surface area (Å²) in [6.45, 7) is 5.71. The highest BCUT2D eigenvalue weighted by atomic mass is 31.2. The zero-order valence-electron chi connectivity index (χ0n) is 22.7. The fraction of sp³-hybridized carbons (Fsp3) is 0.960. The molecule has 8 nitrogen and oxygen atoms in total. The van der Waals surface area contributed by atoms with Crippen LogP contribution in [0.4, 0.5) is 0 Å². The summed E-state index contributed by atoms with van der Waals surface area (Å²) >= 11 is 0. The molecule has 0 saturated heterocycles. The third-order valence-corrected chi connectivity index (χ3v) is 6.56. The van der Waals surface area contributed by atoms with Gasteiger partial charge in [0.1, 0.15) is 13.2 Å². The number of carbonyl (C=O) groups excluding carboxylic acids is 1. The Morgan fingerprint density at radius 1 is 0.853 bits per heavy atom. The highest BCUT2D eigenvalue weighted by Crippen LogP contribution is 2.43. The van der Waals surface area contributed by atoms with Gasteiger partial charge in [-0.15, -0.1) is 0 Å². The number of carbonyl (C=O) groups is 1. The van der Waals surface area contributed by atoms with Gasteiger partial charge in [0.15, 0.2) is 0 Å². The van der Waals surface area contributed by atoms with E-state index in [4.69, 9.17) is 13.8 Å². The lowest BCUT2D eigenvalue weighted by Gasteiger charge is -2.24. The molecule has 204 valence electrons. The van der Waals surface area contributed by atoms with Crippen LogP contribution in [0.1, 0.15) is 97.3 Å². The molecule has 9 heteroatoms. The van der Waals surface area contributed by atoms with Crippen molar-refractivity contribution in [1.29, 1.82) is 0 Å². The summed E-state index contributed by atoms with van der Waals surface area (Å²) in [4.78, 5) is 22.2. The zero-order valence-corrected chi connectivity index (χ0v) is 23.6. The van der Waals surface area contributed by atoms with Crippen LogP contribution in [0.25, 0.3) is 0 Å². The quantitative estimate of drug-likeness (QED) is 0.102. The molecule has 0 heterocycles. The van der Waals surface area contributed by atoms with Crippen LogP contribution in [-0.4, -0.2) is 75.4 Å². The van der Waals surface area contributed by atoms with Gasteiger partial charge in [0.05, 0.1) is 33.9 Å². The van der Waals surface area contributed by atoms with Crippen molar-refractivity contribution in [1.82, 2.24) is 5.32 Å². The van der Waals surface area contributed by atoms with Gasteiger partial charge in [0.2, 0.25) is 5.91 Å². The molecule has 2 N–H and O–H groups in total. The number of phosphoric ester groups is 1. The van der Waals surface area contributed by atoms with Crippen molar-refractivity contribution in [2.24, 2.45) is 0 Å². The normalized spacial score (nSPS) is 14.6. The maximum atomic E-state index is 12.2. The Balaban J connectivity index is 4.23. The van der Waals surface area contributed by atoms with Crippen molar-refractivity contribution < 1.29 is 32.5 Å². The minimum Gasteiger partial charge on any atom is -0.374 e. The first-order valence-electron chi connectivity index (χ1n) is 13.4. The van der Waals surface area contributed by atoms with E-state index in [-0.39, 0.29) is 25.7 Å². The average Bonchev–Trinajstić information content (AvgIpc) is 2.75. The van der Waals surface area contributed by atoms with Crippen LogP contribution in [0.15, 0.2) is 0 Å². The first kappa shape index (κ1) is 33.5. The Morgan fingerprint density at radius 2 is 1.41 bits per heavy atom.